The van der Waals surface area contributed by atoms with Crippen molar-refractivity contribution in [3.8, 4) is 5.75 Å². The third-order valence-corrected chi connectivity index (χ3v) is 2.65. The maximum atomic E-state index is 13.3. The molecular formula is C14H10ClFO2. The highest BCUT2D eigenvalue weighted by Gasteiger charge is 2.09. The standard InChI is InChI=1S/C14H10ClFO2/c15-14(17)11-6-2-1-5-10(11)9-18-13-8-4-3-7-12(13)16/h1-8H,9H2. The predicted molar refractivity (Wildman–Crippen MR) is 67.4 cm³/mol. The van der Waals surface area contributed by atoms with Crippen LogP contribution in [-0.4, -0.2) is 5.24 Å². The minimum Gasteiger partial charge on any atom is -0.486 e. The molecule has 0 spiro atoms. The molecule has 0 radical (unpaired) electrons. The highest BCUT2D eigenvalue weighted by molar-refractivity contribution is 6.67. The van der Waals surface area contributed by atoms with Crippen LogP contribution in [0.3, 0.4) is 0 Å². The Balaban J connectivity index is 2.16. The van der Waals surface area contributed by atoms with Gasteiger partial charge in [-0.15, -0.1) is 0 Å². The van der Waals surface area contributed by atoms with E-state index >= 15 is 0 Å². The van der Waals surface area contributed by atoms with Gasteiger partial charge in [0.1, 0.15) is 6.61 Å². The lowest BCUT2D eigenvalue weighted by atomic mass is 10.1. The third-order valence-electron chi connectivity index (χ3n) is 2.45. The summed E-state index contributed by atoms with van der Waals surface area (Å²) in [5.74, 6) is -0.290. The molecule has 2 nitrogen and oxygen atoms in total. The first-order valence-corrected chi connectivity index (χ1v) is 5.71. The van der Waals surface area contributed by atoms with Crippen molar-refractivity contribution in [3.05, 3.63) is 65.5 Å². The molecule has 18 heavy (non-hydrogen) atoms. The van der Waals surface area contributed by atoms with Crippen LogP contribution in [0, 0.1) is 5.82 Å². The van der Waals surface area contributed by atoms with Gasteiger partial charge in [-0.3, -0.25) is 4.79 Å². The van der Waals surface area contributed by atoms with Crippen LogP contribution in [0.1, 0.15) is 15.9 Å². The first-order chi connectivity index (χ1) is 8.68. The van der Waals surface area contributed by atoms with Crippen molar-refractivity contribution < 1.29 is 13.9 Å². The Hall–Kier alpha value is -1.87. The van der Waals surface area contributed by atoms with E-state index in [2.05, 4.69) is 0 Å². The van der Waals surface area contributed by atoms with Gasteiger partial charge in [0.15, 0.2) is 11.6 Å². The molecule has 4 heteroatoms. The van der Waals surface area contributed by atoms with Crippen molar-refractivity contribution in [2.75, 3.05) is 0 Å². The summed E-state index contributed by atoms with van der Waals surface area (Å²) in [6.45, 7) is 0.0928. The van der Waals surface area contributed by atoms with E-state index in [0.29, 0.717) is 11.1 Å². The molecule has 0 fully saturated rings. The zero-order chi connectivity index (χ0) is 13.0. The number of hydrogen-bond donors (Lipinski definition) is 0. The Labute approximate surface area is 109 Å². The zero-order valence-corrected chi connectivity index (χ0v) is 10.2. The van der Waals surface area contributed by atoms with E-state index in [1.807, 2.05) is 0 Å². The summed E-state index contributed by atoms with van der Waals surface area (Å²) < 4.78 is 18.7. The van der Waals surface area contributed by atoms with Gasteiger partial charge in [-0.05, 0) is 29.8 Å². The van der Waals surface area contributed by atoms with Crippen LogP contribution in [0.2, 0.25) is 0 Å². The van der Waals surface area contributed by atoms with E-state index in [1.165, 1.54) is 12.1 Å². The van der Waals surface area contributed by atoms with Gasteiger partial charge >= 0.3 is 0 Å². The fourth-order valence-corrected chi connectivity index (χ4v) is 1.74. The SMILES string of the molecule is O=C(Cl)c1ccccc1COc1ccccc1F. The Bertz CT molecular complexity index is 569. The zero-order valence-electron chi connectivity index (χ0n) is 9.40. The summed E-state index contributed by atoms with van der Waals surface area (Å²) in [7, 11) is 0. The van der Waals surface area contributed by atoms with Gasteiger partial charge in [-0.25, -0.2) is 4.39 Å². The average Bonchev–Trinajstić information content (AvgIpc) is 2.38. The third kappa shape index (κ3) is 2.87. The summed E-state index contributed by atoms with van der Waals surface area (Å²) >= 11 is 5.45. The molecule has 0 aliphatic carbocycles. The Morgan fingerprint density at radius 2 is 1.78 bits per heavy atom. The number of para-hydroxylation sites is 1. The van der Waals surface area contributed by atoms with E-state index in [1.54, 1.807) is 36.4 Å². The number of carbonyl (C=O) groups is 1. The molecule has 0 saturated carbocycles. The molecule has 0 N–H and O–H groups in total. The number of benzene rings is 2. The van der Waals surface area contributed by atoms with Crippen molar-refractivity contribution in [1.29, 1.82) is 0 Å². The Morgan fingerprint density at radius 1 is 1.11 bits per heavy atom. The fraction of sp³-hybridized carbons (Fsp3) is 0.0714. The van der Waals surface area contributed by atoms with Crippen molar-refractivity contribution >= 4 is 16.8 Å². The van der Waals surface area contributed by atoms with Gasteiger partial charge in [0.05, 0.1) is 0 Å². The molecule has 0 atom stereocenters. The second-order valence-corrected chi connectivity index (χ2v) is 3.99. The van der Waals surface area contributed by atoms with Crippen LogP contribution >= 0.6 is 11.6 Å². The lowest BCUT2D eigenvalue weighted by molar-refractivity contribution is 0.107. The molecule has 0 bridgehead atoms. The van der Waals surface area contributed by atoms with Crippen LogP contribution in [0.5, 0.6) is 5.75 Å². The maximum Gasteiger partial charge on any atom is 0.252 e. The molecular weight excluding hydrogens is 255 g/mol. The first kappa shape index (κ1) is 12.6. The van der Waals surface area contributed by atoms with E-state index in [0.717, 1.165) is 0 Å². The minimum absolute atomic E-state index is 0.0928. The highest BCUT2D eigenvalue weighted by Crippen LogP contribution is 2.19. The van der Waals surface area contributed by atoms with Crippen LogP contribution in [0.4, 0.5) is 4.39 Å². The van der Waals surface area contributed by atoms with E-state index in [9.17, 15) is 9.18 Å². The summed E-state index contributed by atoms with van der Waals surface area (Å²) in [4.78, 5) is 11.2. The van der Waals surface area contributed by atoms with Crippen LogP contribution in [0.15, 0.2) is 48.5 Å². The lowest BCUT2D eigenvalue weighted by Crippen LogP contribution is -2.03. The maximum absolute atomic E-state index is 13.3. The van der Waals surface area contributed by atoms with Crippen LogP contribution in [0.25, 0.3) is 0 Å². The summed E-state index contributed by atoms with van der Waals surface area (Å²) in [5.41, 5.74) is 0.997. The lowest BCUT2D eigenvalue weighted by Gasteiger charge is -2.09. The molecule has 0 aliphatic rings. The van der Waals surface area contributed by atoms with Crippen molar-refractivity contribution in [2.24, 2.45) is 0 Å². The summed E-state index contributed by atoms with van der Waals surface area (Å²) in [6, 6.07) is 12.9. The molecule has 0 heterocycles. The molecule has 92 valence electrons. The quantitative estimate of drug-likeness (QED) is 0.786. The molecule has 0 amide bonds. The molecule has 2 rings (SSSR count). The number of halogens is 2. The molecule has 0 aliphatic heterocycles. The number of hydrogen-bond acceptors (Lipinski definition) is 2. The van der Waals surface area contributed by atoms with Crippen molar-refractivity contribution in [3.63, 3.8) is 0 Å². The second kappa shape index (κ2) is 5.65. The first-order valence-electron chi connectivity index (χ1n) is 5.33. The summed E-state index contributed by atoms with van der Waals surface area (Å²) in [6.07, 6.45) is 0. The second-order valence-electron chi connectivity index (χ2n) is 3.65. The van der Waals surface area contributed by atoms with Gasteiger partial charge in [0.2, 0.25) is 0 Å². The van der Waals surface area contributed by atoms with Crippen LogP contribution in [-0.2, 0) is 6.61 Å². The Kier molecular flexibility index (Phi) is 3.95. The molecule has 0 unspecified atom stereocenters. The molecule has 2 aromatic carbocycles. The van der Waals surface area contributed by atoms with Gasteiger partial charge in [-0.2, -0.15) is 0 Å². The van der Waals surface area contributed by atoms with Crippen molar-refractivity contribution in [1.82, 2.24) is 0 Å². The summed E-state index contributed by atoms with van der Waals surface area (Å²) in [5, 5.41) is -0.553. The smallest absolute Gasteiger partial charge is 0.252 e. The normalized spacial score (nSPS) is 10.1. The number of ether oxygens (including phenoxy) is 1. The predicted octanol–water partition coefficient (Wildman–Crippen LogP) is 3.78. The number of rotatable bonds is 4. The topological polar surface area (TPSA) is 26.3 Å². The average molecular weight is 265 g/mol. The van der Waals surface area contributed by atoms with Crippen molar-refractivity contribution in [2.45, 2.75) is 6.61 Å². The van der Waals surface area contributed by atoms with Gasteiger partial charge in [0.25, 0.3) is 5.24 Å². The molecule has 2 aromatic rings. The van der Waals surface area contributed by atoms with E-state index < -0.39 is 11.1 Å². The number of carbonyl (C=O) groups excluding carboxylic acids is 1. The minimum atomic E-state index is -0.553. The fourth-order valence-electron chi connectivity index (χ4n) is 1.56. The largest absolute Gasteiger partial charge is 0.486 e. The van der Waals surface area contributed by atoms with Gasteiger partial charge < -0.3 is 4.74 Å². The molecule has 0 aromatic heterocycles. The van der Waals surface area contributed by atoms with E-state index in [4.69, 9.17) is 16.3 Å². The van der Waals surface area contributed by atoms with Gasteiger partial charge in [-0.1, -0.05) is 30.3 Å². The van der Waals surface area contributed by atoms with Gasteiger partial charge in [0, 0.05) is 11.1 Å². The van der Waals surface area contributed by atoms with Crippen LogP contribution < -0.4 is 4.74 Å². The van der Waals surface area contributed by atoms with E-state index in [-0.39, 0.29) is 12.4 Å². The highest BCUT2D eigenvalue weighted by atomic mass is 35.5. The molecule has 0 saturated heterocycles. The Morgan fingerprint density at radius 3 is 2.50 bits per heavy atom. The monoisotopic (exact) mass is 264 g/mol.